The molecule has 0 aliphatic carbocycles. The van der Waals surface area contributed by atoms with Crippen molar-refractivity contribution in [3.63, 3.8) is 0 Å². The van der Waals surface area contributed by atoms with Gasteiger partial charge in [0.1, 0.15) is 5.82 Å². The first-order valence-electron chi connectivity index (χ1n) is 6.88. The summed E-state index contributed by atoms with van der Waals surface area (Å²) in [6, 6.07) is 6.54. The average molecular weight is 317 g/mol. The van der Waals surface area contributed by atoms with Crippen molar-refractivity contribution in [2.24, 2.45) is 0 Å². The summed E-state index contributed by atoms with van der Waals surface area (Å²) in [7, 11) is 4.54. The highest BCUT2D eigenvalue weighted by Crippen LogP contribution is 2.39. The molecule has 1 aromatic carbocycles. The van der Waals surface area contributed by atoms with Crippen molar-refractivity contribution in [1.29, 1.82) is 0 Å². The third-order valence-corrected chi connectivity index (χ3v) is 3.16. The molecule has 1 heterocycles. The van der Waals surface area contributed by atoms with Gasteiger partial charge in [0.25, 0.3) is 0 Å². The summed E-state index contributed by atoms with van der Waals surface area (Å²) in [5.74, 6) is 1.87. The second-order valence-corrected chi connectivity index (χ2v) is 4.66. The molecule has 7 nitrogen and oxygen atoms in total. The van der Waals surface area contributed by atoms with Gasteiger partial charge in [-0.05, 0) is 18.6 Å². The van der Waals surface area contributed by atoms with Crippen LogP contribution in [0.5, 0.6) is 17.2 Å². The zero-order chi connectivity index (χ0) is 16.8. The number of aryl methyl sites for hydroxylation is 1. The molecule has 0 fully saturated rings. The molecule has 2 aromatic rings. The van der Waals surface area contributed by atoms with Crippen molar-refractivity contribution in [2.45, 2.75) is 6.92 Å². The van der Waals surface area contributed by atoms with E-state index in [1.807, 2.05) is 13.0 Å². The number of hydrogen-bond donors (Lipinski definition) is 2. The zero-order valence-corrected chi connectivity index (χ0v) is 13.5. The molecule has 0 unspecified atom stereocenters. The van der Waals surface area contributed by atoms with Crippen LogP contribution < -0.4 is 24.8 Å². The Bertz CT molecular complexity index is 678. The third kappa shape index (κ3) is 3.82. The molecule has 0 radical (unpaired) electrons. The molecular formula is C16H19N3O4. The number of methoxy groups -OCH3 is 3. The lowest BCUT2D eigenvalue weighted by Crippen LogP contribution is -2.20. The molecular weight excluding hydrogens is 298 g/mol. The SMILES string of the molecule is COc1cc(NC(=O)Nc2ncccc2C)cc(OC)c1OC. The Kier molecular flexibility index (Phi) is 5.24. The number of ether oxygens (including phenoxy) is 3. The molecule has 0 saturated heterocycles. The van der Waals surface area contributed by atoms with E-state index in [4.69, 9.17) is 14.2 Å². The number of benzene rings is 1. The highest BCUT2D eigenvalue weighted by atomic mass is 16.5. The van der Waals surface area contributed by atoms with Crippen LogP contribution in [0.15, 0.2) is 30.5 Å². The summed E-state index contributed by atoms with van der Waals surface area (Å²) >= 11 is 0. The summed E-state index contributed by atoms with van der Waals surface area (Å²) in [5.41, 5.74) is 1.37. The summed E-state index contributed by atoms with van der Waals surface area (Å²) in [6.07, 6.45) is 1.61. The Balaban J connectivity index is 2.19. The number of anilines is 2. The number of pyridine rings is 1. The van der Waals surface area contributed by atoms with Gasteiger partial charge in [0.2, 0.25) is 5.75 Å². The number of nitrogens with zero attached hydrogens (tertiary/aromatic N) is 1. The first-order valence-corrected chi connectivity index (χ1v) is 6.88. The molecule has 23 heavy (non-hydrogen) atoms. The van der Waals surface area contributed by atoms with Crippen molar-refractivity contribution in [3.8, 4) is 17.2 Å². The van der Waals surface area contributed by atoms with Gasteiger partial charge in [-0.15, -0.1) is 0 Å². The van der Waals surface area contributed by atoms with Crippen molar-refractivity contribution in [1.82, 2.24) is 4.98 Å². The molecule has 0 bridgehead atoms. The molecule has 0 saturated carbocycles. The van der Waals surface area contributed by atoms with Crippen LogP contribution in [0, 0.1) is 6.92 Å². The average Bonchev–Trinajstić information content (AvgIpc) is 2.55. The molecule has 7 heteroatoms. The van der Waals surface area contributed by atoms with Crippen LogP contribution in [0.25, 0.3) is 0 Å². The van der Waals surface area contributed by atoms with E-state index in [1.165, 1.54) is 21.3 Å². The second-order valence-electron chi connectivity index (χ2n) is 4.66. The van der Waals surface area contributed by atoms with Crippen LogP contribution in [0.2, 0.25) is 0 Å². The monoisotopic (exact) mass is 317 g/mol. The lowest BCUT2D eigenvalue weighted by Gasteiger charge is -2.15. The van der Waals surface area contributed by atoms with Crippen LogP contribution in [0.1, 0.15) is 5.56 Å². The van der Waals surface area contributed by atoms with E-state index in [9.17, 15) is 4.79 Å². The maximum atomic E-state index is 12.1. The van der Waals surface area contributed by atoms with E-state index < -0.39 is 6.03 Å². The van der Waals surface area contributed by atoms with Crippen LogP contribution in [0.4, 0.5) is 16.3 Å². The molecule has 2 rings (SSSR count). The van der Waals surface area contributed by atoms with E-state index in [0.717, 1.165) is 5.56 Å². The predicted molar refractivity (Wildman–Crippen MR) is 87.7 cm³/mol. The topological polar surface area (TPSA) is 81.7 Å². The Morgan fingerprint density at radius 2 is 1.70 bits per heavy atom. The largest absolute Gasteiger partial charge is 0.493 e. The van der Waals surface area contributed by atoms with Crippen LogP contribution in [0.3, 0.4) is 0 Å². The van der Waals surface area contributed by atoms with Crippen LogP contribution in [-0.2, 0) is 0 Å². The van der Waals surface area contributed by atoms with Crippen LogP contribution >= 0.6 is 0 Å². The van der Waals surface area contributed by atoms with Gasteiger partial charge in [-0.3, -0.25) is 5.32 Å². The van der Waals surface area contributed by atoms with E-state index in [1.54, 1.807) is 24.4 Å². The first-order chi connectivity index (χ1) is 11.1. The fourth-order valence-corrected chi connectivity index (χ4v) is 2.04. The lowest BCUT2D eigenvalue weighted by atomic mass is 10.2. The van der Waals surface area contributed by atoms with E-state index in [0.29, 0.717) is 28.8 Å². The number of rotatable bonds is 5. The van der Waals surface area contributed by atoms with Crippen LogP contribution in [-0.4, -0.2) is 32.3 Å². The van der Waals surface area contributed by atoms with Gasteiger partial charge in [-0.2, -0.15) is 0 Å². The fourth-order valence-electron chi connectivity index (χ4n) is 2.04. The minimum atomic E-state index is -0.416. The molecule has 2 amide bonds. The summed E-state index contributed by atoms with van der Waals surface area (Å²) in [6.45, 7) is 1.86. The lowest BCUT2D eigenvalue weighted by molar-refractivity contribution is 0.262. The molecule has 1 aromatic heterocycles. The highest BCUT2D eigenvalue weighted by molar-refractivity contribution is 5.99. The molecule has 0 spiro atoms. The van der Waals surface area contributed by atoms with Crippen molar-refractivity contribution in [2.75, 3.05) is 32.0 Å². The molecule has 2 N–H and O–H groups in total. The van der Waals surface area contributed by atoms with Crippen molar-refractivity contribution >= 4 is 17.5 Å². The van der Waals surface area contributed by atoms with Crippen molar-refractivity contribution < 1.29 is 19.0 Å². The molecule has 0 aliphatic rings. The minimum Gasteiger partial charge on any atom is -0.493 e. The fraction of sp³-hybridized carbons (Fsp3) is 0.250. The predicted octanol–water partition coefficient (Wildman–Crippen LogP) is 3.06. The number of hydrogen-bond acceptors (Lipinski definition) is 5. The van der Waals surface area contributed by atoms with E-state index >= 15 is 0 Å². The summed E-state index contributed by atoms with van der Waals surface area (Å²) in [5, 5.41) is 5.40. The van der Waals surface area contributed by atoms with Gasteiger partial charge < -0.3 is 19.5 Å². The number of aromatic nitrogens is 1. The third-order valence-electron chi connectivity index (χ3n) is 3.16. The quantitative estimate of drug-likeness (QED) is 0.885. The summed E-state index contributed by atoms with van der Waals surface area (Å²) in [4.78, 5) is 16.2. The molecule has 0 aliphatic heterocycles. The Hall–Kier alpha value is -2.96. The summed E-state index contributed by atoms with van der Waals surface area (Å²) < 4.78 is 15.7. The van der Waals surface area contributed by atoms with Crippen molar-refractivity contribution in [3.05, 3.63) is 36.0 Å². The smallest absolute Gasteiger partial charge is 0.324 e. The normalized spacial score (nSPS) is 9.91. The maximum absolute atomic E-state index is 12.1. The van der Waals surface area contributed by atoms with Gasteiger partial charge >= 0.3 is 6.03 Å². The highest BCUT2D eigenvalue weighted by Gasteiger charge is 2.14. The van der Waals surface area contributed by atoms with Gasteiger partial charge in [0.15, 0.2) is 11.5 Å². The zero-order valence-electron chi connectivity index (χ0n) is 13.5. The number of amides is 2. The number of urea groups is 1. The van der Waals surface area contributed by atoms with Gasteiger partial charge in [0.05, 0.1) is 27.0 Å². The first kappa shape index (κ1) is 16.4. The number of nitrogens with one attached hydrogen (secondary N) is 2. The molecule has 0 atom stereocenters. The second kappa shape index (κ2) is 7.35. The number of carbonyl (C=O) groups excluding carboxylic acids is 1. The maximum Gasteiger partial charge on any atom is 0.324 e. The minimum absolute atomic E-state index is 0.416. The number of carbonyl (C=O) groups is 1. The van der Waals surface area contributed by atoms with Gasteiger partial charge in [-0.1, -0.05) is 6.07 Å². The van der Waals surface area contributed by atoms with E-state index in [-0.39, 0.29) is 0 Å². The standard InChI is InChI=1S/C16H19N3O4/c1-10-6-5-7-17-15(10)19-16(20)18-11-8-12(21-2)14(23-4)13(9-11)22-3/h5-9H,1-4H3,(H2,17,18,19,20). The Morgan fingerprint density at radius 3 is 2.22 bits per heavy atom. The van der Waals surface area contributed by atoms with Gasteiger partial charge in [0, 0.05) is 18.3 Å². The molecule has 122 valence electrons. The Morgan fingerprint density at radius 1 is 1.04 bits per heavy atom. The van der Waals surface area contributed by atoms with Gasteiger partial charge in [-0.25, -0.2) is 9.78 Å². The Labute approximate surface area is 134 Å². The van der Waals surface area contributed by atoms with E-state index in [2.05, 4.69) is 15.6 Å².